The molecule has 0 bridgehead atoms. The van der Waals surface area contributed by atoms with Gasteiger partial charge in [-0.05, 0) is 43.3 Å². The van der Waals surface area contributed by atoms with Crippen molar-refractivity contribution in [1.82, 2.24) is 4.98 Å². The van der Waals surface area contributed by atoms with E-state index in [4.69, 9.17) is 15.7 Å². The van der Waals surface area contributed by atoms with Crippen LogP contribution in [0.4, 0.5) is 0 Å². The Hall–Kier alpha value is -2.12. The van der Waals surface area contributed by atoms with E-state index >= 15 is 0 Å². The zero-order valence-corrected chi connectivity index (χ0v) is 9.39. The molecule has 2 aromatic rings. The van der Waals surface area contributed by atoms with Gasteiger partial charge in [0.1, 0.15) is 17.5 Å². The summed E-state index contributed by atoms with van der Waals surface area (Å²) in [5.41, 5.74) is 6.62. The first-order chi connectivity index (χ1) is 8.33. The van der Waals surface area contributed by atoms with Crippen molar-refractivity contribution in [3.63, 3.8) is 0 Å². The molecule has 0 spiro atoms. The fourth-order valence-electron chi connectivity index (χ4n) is 1.53. The molecule has 4 heteroatoms. The predicted molar refractivity (Wildman–Crippen MR) is 65.6 cm³/mol. The second-order valence-electron chi connectivity index (χ2n) is 3.65. The number of pyridine rings is 1. The highest BCUT2D eigenvalue weighted by Gasteiger charge is 2.00. The molecule has 1 aromatic heterocycles. The molecule has 0 atom stereocenters. The predicted octanol–water partition coefficient (Wildman–Crippen LogP) is 1.83. The molecule has 0 aliphatic rings. The van der Waals surface area contributed by atoms with Crippen molar-refractivity contribution in [3.05, 3.63) is 36.0 Å². The molecule has 0 unspecified atom stereocenters. The number of hydrogen-bond donors (Lipinski definition) is 1. The summed E-state index contributed by atoms with van der Waals surface area (Å²) in [6.45, 7) is 1.24. The molecular formula is C13H13N3O. The Labute approximate surface area is 99.6 Å². The molecule has 2 rings (SSSR count). The SMILES string of the molecule is N#Cc1ccc2cc(OCCCN)ccc2n1. The molecule has 0 aliphatic heterocycles. The summed E-state index contributed by atoms with van der Waals surface area (Å²) >= 11 is 0. The fourth-order valence-corrected chi connectivity index (χ4v) is 1.53. The summed E-state index contributed by atoms with van der Waals surface area (Å²) in [4.78, 5) is 4.19. The minimum Gasteiger partial charge on any atom is -0.494 e. The topological polar surface area (TPSA) is 71.9 Å². The van der Waals surface area contributed by atoms with E-state index in [0.29, 0.717) is 18.8 Å². The summed E-state index contributed by atoms with van der Waals surface area (Å²) in [5, 5.41) is 9.71. The van der Waals surface area contributed by atoms with Gasteiger partial charge in [0, 0.05) is 5.39 Å². The van der Waals surface area contributed by atoms with Gasteiger partial charge < -0.3 is 10.5 Å². The number of hydrogen-bond acceptors (Lipinski definition) is 4. The van der Waals surface area contributed by atoms with Crippen LogP contribution in [-0.2, 0) is 0 Å². The molecule has 0 saturated heterocycles. The van der Waals surface area contributed by atoms with Gasteiger partial charge in [-0.15, -0.1) is 0 Å². The van der Waals surface area contributed by atoms with Gasteiger partial charge in [0.15, 0.2) is 0 Å². The maximum atomic E-state index is 8.75. The van der Waals surface area contributed by atoms with Crippen molar-refractivity contribution in [2.45, 2.75) is 6.42 Å². The van der Waals surface area contributed by atoms with Crippen molar-refractivity contribution >= 4 is 10.9 Å². The second kappa shape index (κ2) is 5.28. The summed E-state index contributed by atoms with van der Waals surface area (Å²) in [7, 11) is 0. The largest absolute Gasteiger partial charge is 0.494 e. The monoisotopic (exact) mass is 227 g/mol. The average Bonchev–Trinajstić information content (AvgIpc) is 2.38. The lowest BCUT2D eigenvalue weighted by atomic mass is 10.2. The van der Waals surface area contributed by atoms with Gasteiger partial charge in [-0.1, -0.05) is 0 Å². The highest BCUT2D eigenvalue weighted by Crippen LogP contribution is 2.19. The highest BCUT2D eigenvalue weighted by atomic mass is 16.5. The number of aromatic nitrogens is 1. The Bertz CT molecular complexity index is 560. The Morgan fingerprint density at radius 2 is 2.18 bits per heavy atom. The van der Waals surface area contributed by atoms with Crippen LogP contribution in [0.25, 0.3) is 10.9 Å². The first kappa shape index (κ1) is 11.4. The summed E-state index contributed by atoms with van der Waals surface area (Å²) in [5.74, 6) is 0.803. The molecule has 1 aromatic carbocycles. The van der Waals surface area contributed by atoms with Gasteiger partial charge in [-0.3, -0.25) is 0 Å². The molecule has 0 fully saturated rings. The minimum atomic E-state index is 0.425. The highest BCUT2D eigenvalue weighted by molar-refractivity contribution is 5.80. The third kappa shape index (κ3) is 2.71. The lowest BCUT2D eigenvalue weighted by molar-refractivity contribution is 0.314. The average molecular weight is 227 g/mol. The van der Waals surface area contributed by atoms with E-state index < -0.39 is 0 Å². The number of nitrogens with zero attached hydrogens (tertiary/aromatic N) is 2. The minimum absolute atomic E-state index is 0.425. The Morgan fingerprint density at radius 1 is 1.29 bits per heavy atom. The van der Waals surface area contributed by atoms with Gasteiger partial charge in [0.25, 0.3) is 0 Å². The number of benzene rings is 1. The van der Waals surface area contributed by atoms with Crippen molar-refractivity contribution in [2.75, 3.05) is 13.2 Å². The zero-order chi connectivity index (χ0) is 12.1. The maximum Gasteiger partial charge on any atom is 0.141 e. The number of nitriles is 1. The van der Waals surface area contributed by atoms with Gasteiger partial charge in [-0.2, -0.15) is 5.26 Å². The van der Waals surface area contributed by atoms with E-state index in [0.717, 1.165) is 23.1 Å². The smallest absolute Gasteiger partial charge is 0.141 e. The molecule has 17 heavy (non-hydrogen) atoms. The van der Waals surface area contributed by atoms with Crippen LogP contribution in [0.5, 0.6) is 5.75 Å². The van der Waals surface area contributed by atoms with Crippen LogP contribution in [0.1, 0.15) is 12.1 Å². The fraction of sp³-hybridized carbons (Fsp3) is 0.231. The lowest BCUT2D eigenvalue weighted by Crippen LogP contribution is -2.05. The van der Waals surface area contributed by atoms with Crippen LogP contribution in [0.15, 0.2) is 30.3 Å². The van der Waals surface area contributed by atoms with E-state index in [2.05, 4.69) is 4.98 Å². The third-order valence-corrected chi connectivity index (χ3v) is 2.39. The molecule has 0 radical (unpaired) electrons. The van der Waals surface area contributed by atoms with E-state index in [1.54, 1.807) is 6.07 Å². The number of nitrogens with two attached hydrogens (primary N) is 1. The lowest BCUT2D eigenvalue weighted by Gasteiger charge is -2.06. The van der Waals surface area contributed by atoms with Crippen molar-refractivity contribution < 1.29 is 4.74 Å². The first-order valence-electron chi connectivity index (χ1n) is 5.47. The molecular weight excluding hydrogens is 214 g/mol. The van der Waals surface area contributed by atoms with Crippen LogP contribution in [-0.4, -0.2) is 18.1 Å². The Kier molecular flexibility index (Phi) is 3.53. The number of rotatable bonds is 4. The summed E-state index contributed by atoms with van der Waals surface area (Å²) in [6, 6.07) is 11.2. The van der Waals surface area contributed by atoms with Gasteiger partial charge in [-0.25, -0.2) is 4.98 Å². The summed E-state index contributed by atoms with van der Waals surface area (Å²) in [6.07, 6.45) is 0.837. The third-order valence-electron chi connectivity index (χ3n) is 2.39. The number of fused-ring (bicyclic) bond motifs is 1. The summed E-state index contributed by atoms with van der Waals surface area (Å²) < 4.78 is 5.54. The van der Waals surface area contributed by atoms with Crippen LogP contribution in [0.2, 0.25) is 0 Å². The molecule has 4 nitrogen and oxygen atoms in total. The van der Waals surface area contributed by atoms with Crippen LogP contribution >= 0.6 is 0 Å². The molecule has 0 saturated carbocycles. The second-order valence-corrected chi connectivity index (χ2v) is 3.65. The molecule has 2 N–H and O–H groups in total. The van der Waals surface area contributed by atoms with Crippen molar-refractivity contribution in [1.29, 1.82) is 5.26 Å². The molecule has 86 valence electrons. The normalized spacial score (nSPS) is 10.1. The maximum absolute atomic E-state index is 8.75. The molecule has 1 heterocycles. The standard InChI is InChI=1S/C13H13N3O/c14-6-1-7-17-12-4-5-13-10(8-12)2-3-11(9-15)16-13/h2-5,8H,1,6-7,14H2. The van der Waals surface area contributed by atoms with Gasteiger partial charge in [0.05, 0.1) is 12.1 Å². The zero-order valence-electron chi connectivity index (χ0n) is 9.39. The molecule has 0 amide bonds. The quantitative estimate of drug-likeness (QED) is 0.809. The number of ether oxygens (including phenoxy) is 1. The van der Waals surface area contributed by atoms with Crippen LogP contribution in [0.3, 0.4) is 0 Å². The van der Waals surface area contributed by atoms with Gasteiger partial charge >= 0.3 is 0 Å². The van der Waals surface area contributed by atoms with E-state index in [1.165, 1.54) is 0 Å². The van der Waals surface area contributed by atoms with Crippen LogP contribution < -0.4 is 10.5 Å². The van der Waals surface area contributed by atoms with Crippen molar-refractivity contribution in [2.24, 2.45) is 5.73 Å². The van der Waals surface area contributed by atoms with E-state index in [1.807, 2.05) is 30.3 Å². The Balaban J connectivity index is 2.23. The Morgan fingerprint density at radius 3 is 2.94 bits per heavy atom. The first-order valence-corrected chi connectivity index (χ1v) is 5.47. The van der Waals surface area contributed by atoms with Gasteiger partial charge in [0.2, 0.25) is 0 Å². The van der Waals surface area contributed by atoms with Crippen molar-refractivity contribution in [3.8, 4) is 11.8 Å². The van der Waals surface area contributed by atoms with Crippen LogP contribution in [0, 0.1) is 11.3 Å². The van der Waals surface area contributed by atoms with E-state index in [-0.39, 0.29) is 0 Å². The molecule has 0 aliphatic carbocycles. The van der Waals surface area contributed by atoms with E-state index in [9.17, 15) is 0 Å².